The van der Waals surface area contributed by atoms with Gasteiger partial charge in [0.25, 0.3) is 0 Å². The summed E-state index contributed by atoms with van der Waals surface area (Å²) in [6.07, 6.45) is 0.781. The lowest BCUT2D eigenvalue weighted by atomic mass is 10.2. The predicted molar refractivity (Wildman–Crippen MR) is 113 cm³/mol. The fourth-order valence-corrected chi connectivity index (χ4v) is 2.42. The molecule has 0 saturated heterocycles. The molecule has 0 aliphatic heterocycles. The Bertz CT molecular complexity index is 777. The van der Waals surface area contributed by atoms with Crippen molar-refractivity contribution in [1.29, 1.82) is 0 Å². The zero-order valence-electron chi connectivity index (χ0n) is 16.9. The number of amides is 1. The molecular weight excluding hydrogens is 372 g/mol. The molecule has 0 spiro atoms. The molecule has 2 rings (SSSR count). The molecule has 0 aliphatic rings. The summed E-state index contributed by atoms with van der Waals surface area (Å²) in [6, 6.07) is 14.0. The summed E-state index contributed by atoms with van der Waals surface area (Å²) in [7, 11) is 0. The Balaban J connectivity index is 1.78. The van der Waals surface area contributed by atoms with Gasteiger partial charge in [0.15, 0.2) is 0 Å². The van der Waals surface area contributed by atoms with Crippen molar-refractivity contribution in [3.8, 4) is 5.75 Å². The second-order valence-corrected chi connectivity index (χ2v) is 6.19. The average molecular weight is 400 g/mol. The highest BCUT2D eigenvalue weighted by atomic mass is 16.5. The van der Waals surface area contributed by atoms with Gasteiger partial charge in [-0.3, -0.25) is 4.79 Å². The van der Waals surface area contributed by atoms with Gasteiger partial charge in [0, 0.05) is 24.0 Å². The maximum atomic E-state index is 12.2. The number of rotatable bonds is 12. The normalized spacial score (nSPS) is 10.3. The number of esters is 1. The van der Waals surface area contributed by atoms with Crippen LogP contribution in [0.1, 0.15) is 30.6 Å². The number of ether oxygens (including phenoxy) is 3. The molecule has 0 radical (unpaired) electrons. The molecule has 0 heterocycles. The highest BCUT2D eigenvalue weighted by molar-refractivity contribution is 5.94. The predicted octanol–water partition coefficient (Wildman–Crippen LogP) is 3.72. The van der Waals surface area contributed by atoms with Gasteiger partial charge in [-0.15, -0.1) is 0 Å². The van der Waals surface area contributed by atoms with Crippen LogP contribution in [-0.2, 0) is 14.3 Å². The van der Waals surface area contributed by atoms with Crippen molar-refractivity contribution in [3.05, 3.63) is 54.1 Å². The Hall–Kier alpha value is -3.06. The summed E-state index contributed by atoms with van der Waals surface area (Å²) in [5.41, 5.74) is 1.87. The van der Waals surface area contributed by atoms with Gasteiger partial charge in [0.1, 0.15) is 12.4 Å². The van der Waals surface area contributed by atoms with E-state index in [0.29, 0.717) is 43.4 Å². The number of carbonyl (C=O) groups excluding carboxylic acids is 2. The maximum absolute atomic E-state index is 12.2. The van der Waals surface area contributed by atoms with Crippen LogP contribution in [0.4, 0.5) is 11.4 Å². The molecule has 0 aromatic heterocycles. The SMILES string of the molecule is CCCOC(=O)c1ccc(NCC(=O)Nc2cccc(OCCOCC)c2)cc1. The van der Waals surface area contributed by atoms with Gasteiger partial charge < -0.3 is 24.8 Å². The number of benzene rings is 2. The maximum Gasteiger partial charge on any atom is 0.338 e. The molecule has 2 aromatic carbocycles. The van der Waals surface area contributed by atoms with E-state index in [4.69, 9.17) is 14.2 Å². The van der Waals surface area contributed by atoms with Gasteiger partial charge in [0.2, 0.25) is 5.91 Å². The van der Waals surface area contributed by atoms with Crippen molar-refractivity contribution < 1.29 is 23.8 Å². The van der Waals surface area contributed by atoms with Crippen LogP contribution < -0.4 is 15.4 Å². The Labute approximate surface area is 171 Å². The van der Waals surface area contributed by atoms with Crippen LogP contribution in [0.25, 0.3) is 0 Å². The van der Waals surface area contributed by atoms with Gasteiger partial charge in [-0.1, -0.05) is 13.0 Å². The molecule has 0 bridgehead atoms. The Kier molecular flexibility index (Phi) is 9.51. The smallest absolute Gasteiger partial charge is 0.338 e. The lowest BCUT2D eigenvalue weighted by molar-refractivity contribution is -0.114. The third kappa shape index (κ3) is 8.23. The van der Waals surface area contributed by atoms with Crippen molar-refractivity contribution in [3.63, 3.8) is 0 Å². The molecule has 2 aromatic rings. The molecule has 0 aliphatic carbocycles. The Morgan fingerprint density at radius 1 is 0.931 bits per heavy atom. The van der Waals surface area contributed by atoms with Crippen LogP contribution in [0, 0.1) is 0 Å². The van der Waals surface area contributed by atoms with E-state index in [0.717, 1.165) is 12.1 Å². The molecule has 156 valence electrons. The summed E-state index contributed by atoms with van der Waals surface area (Å²) < 4.78 is 15.9. The first kappa shape index (κ1) is 22.2. The fraction of sp³-hybridized carbons (Fsp3) is 0.364. The van der Waals surface area contributed by atoms with Crippen LogP contribution in [0.5, 0.6) is 5.75 Å². The molecular formula is C22H28N2O5. The number of hydrogen-bond donors (Lipinski definition) is 2. The van der Waals surface area contributed by atoms with Gasteiger partial charge in [-0.2, -0.15) is 0 Å². The molecule has 0 unspecified atom stereocenters. The van der Waals surface area contributed by atoms with Gasteiger partial charge >= 0.3 is 5.97 Å². The number of hydrogen-bond acceptors (Lipinski definition) is 6. The summed E-state index contributed by atoms with van der Waals surface area (Å²) in [5, 5.41) is 5.85. The first-order valence-electron chi connectivity index (χ1n) is 9.74. The molecule has 2 N–H and O–H groups in total. The van der Waals surface area contributed by atoms with E-state index in [-0.39, 0.29) is 18.4 Å². The first-order valence-corrected chi connectivity index (χ1v) is 9.74. The van der Waals surface area contributed by atoms with Crippen molar-refractivity contribution in [1.82, 2.24) is 0 Å². The van der Waals surface area contributed by atoms with E-state index in [9.17, 15) is 9.59 Å². The highest BCUT2D eigenvalue weighted by Gasteiger charge is 2.07. The quantitative estimate of drug-likeness (QED) is 0.417. The first-order chi connectivity index (χ1) is 14.1. The summed E-state index contributed by atoms with van der Waals surface area (Å²) in [6.45, 7) is 5.99. The zero-order valence-corrected chi connectivity index (χ0v) is 16.9. The minimum absolute atomic E-state index is 0.0923. The second-order valence-electron chi connectivity index (χ2n) is 6.19. The Morgan fingerprint density at radius 3 is 2.45 bits per heavy atom. The van der Waals surface area contributed by atoms with Gasteiger partial charge in [-0.05, 0) is 49.7 Å². The molecule has 0 saturated carbocycles. The van der Waals surface area contributed by atoms with Crippen LogP contribution in [0.3, 0.4) is 0 Å². The molecule has 7 heteroatoms. The number of anilines is 2. The zero-order chi connectivity index (χ0) is 20.9. The largest absolute Gasteiger partial charge is 0.491 e. The summed E-state index contributed by atoms with van der Waals surface area (Å²) in [5.74, 6) is 0.128. The fourth-order valence-electron chi connectivity index (χ4n) is 2.42. The molecule has 7 nitrogen and oxygen atoms in total. The van der Waals surface area contributed by atoms with Crippen LogP contribution in [0.15, 0.2) is 48.5 Å². The molecule has 1 amide bonds. The van der Waals surface area contributed by atoms with Gasteiger partial charge in [0.05, 0.1) is 25.3 Å². The summed E-state index contributed by atoms with van der Waals surface area (Å²) in [4.78, 5) is 24.0. The van der Waals surface area contributed by atoms with Crippen LogP contribution >= 0.6 is 0 Å². The van der Waals surface area contributed by atoms with E-state index in [1.807, 2.05) is 26.0 Å². The minimum atomic E-state index is -0.348. The van der Waals surface area contributed by atoms with Crippen molar-refractivity contribution in [2.24, 2.45) is 0 Å². The van der Waals surface area contributed by atoms with Gasteiger partial charge in [-0.25, -0.2) is 4.79 Å². The molecule has 0 atom stereocenters. The monoisotopic (exact) mass is 400 g/mol. The minimum Gasteiger partial charge on any atom is -0.491 e. The van der Waals surface area contributed by atoms with E-state index in [2.05, 4.69) is 10.6 Å². The van der Waals surface area contributed by atoms with E-state index >= 15 is 0 Å². The topological polar surface area (TPSA) is 85.9 Å². The second kappa shape index (κ2) is 12.4. The average Bonchev–Trinajstić information content (AvgIpc) is 2.74. The number of nitrogens with one attached hydrogen (secondary N) is 2. The van der Waals surface area contributed by atoms with Crippen LogP contribution in [0.2, 0.25) is 0 Å². The highest BCUT2D eigenvalue weighted by Crippen LogP contribution is 2.17. The third-order valence-corrected chi connectivity index (χ3v) is 3.83. The lowest BCUT2D eigenvalue weighted by Crippen LogP contribution is -2.21. The third-order valence-electron chi connectivity index (χ3n) is 3.83. The van der Waals surface area contributed by atoms with Crippen LogP contribution in [-0.4, -0.2) is 44.8 Å². The Morgan fingerprint density at radius 2 is 1.72 bits per heavy atom. The van der Waals surface area contributed by atoms with Crippen molar-refractivity contribution >= 4 is 23.3 Å². The molecule has 29 heavy (non-hydrogen) atoms. The standard InChI is InChI=1S/C22H28N2O5/c1-3-12-29-22(26)17-8-10-18(11-9-17)23-16-21(25)24-19-6-5-7-20(15-19)28-14-13-27-4-2/h5-11,15,23H,3-4,12-14,16H2,1-2H3,(H,24,25). The van der Waals surface area contributed by atoms with E-state index < -0.39 is 0 Å². The summed E-state index contributed by atoms with van der Waals surface area (Å²) >= 11 is 0. The molecule has 0 fully saturated rings. The van der Waals surface area contributed by atoms with Crippen molar-refractivity contribution in [2.45, 2.75) is 20.3 Å². The lowest BCUT2D eigenvalue weighted by Gasteiger charge is -2.10. The van der Waals surface area contributed by atoms with E-state index in [1.165, 1.54) is 0 Å². The number of carbonyl (C=O) groups is 2. The van der Waals surface area contributed by atoms with Crippen molar-refractivity contribution in [2.75, 3.05) is 43.6 Å². The van der Waals surface area contributed by atoms with E-state index in [1.54, 1.807) is 36.4 Å².